The van der Waals surface area contributed by atoms with Crippen molar-refractivity contribution in [2.75, 3.05) is 43.6 Å². The van der Waals surface area contributed by atoms with Crippen LogP contribution in [0, 0.1) is 0 Å². The summed E-state index contributed by atoms with van der Waals surface area (Å²) in [4.78, 5) is 27.1. The second-order valence-electron chi connectivity index (χ2n) is 6.77. The number of piperazine rings is 1. The van der Waals surface area contributed by atoms with Gasteiger partial charge in [-0.05, 0) is 43.3 Å². The number of nitrogens with zero attached hydrogens (tertiary/aromatic N) is 3. The predicted molar refractivity (Wildman–Crippen MR) is 113 cm³/mol. The quantitative estimate of drug-likeness (QED) is 0.593. The molecule has 2 amide bonds. The third-order valence-electron chi connectivity index (χ3n) is 4.86. The van der Waals surface area contributed by atoms with Crippen LogP contribution in [-0.2, 0) is 19.6 Å². The SMILES string of the molecule is CCOc1ccc(N(CC(=O)N2CCN(C=O)CC2)S(=O)(=O)c2ccccc2)cc1. The van der Waals surface area contributed by atoms with Crippen LogP contribution in [0.4, 0.5) is 5.69 Å². The van der Waals surface area contributed by atoms with Gasteiger partial charge in [-0.2, -0.15) is 0 Å². The third-order valence-corrected chi connectivity index (χ3v) is 6.65. The lowest BCUT2D eigenvalue weighted by atomic mass is 10.3. The van der Waals surface area contributed by atoms with Crippen LogP contribution in [0.15, 0.2) is 59.5 Å². The van der Waals surface area contributed by atoms with Crippen molar-refractivity contribution in [3.8, 4) is 5.75 Å². The second kappa shape index (κ2) is 9.62. The van der Waals surface area contributed by atoms with Crippen LogP contribution >= 0.6 is 0 Å². The summed E-state index contributed by atoms with van der Waals surface area (Å²) in [6, 6.07) is 14.6. The Morgan fingerprint density at radius 1 is 1.03 bits per heavy atom. The summed E-state index contributed by atoms with van der Waals surface area (Å²) < 4.78 is 33.2. The van der Waals surface area contributed by atoms with Gasteiger partial charge in [-0.15, -0.1) is 0 Å². The maximum Gasteiger partial charge on any atom is 0.264 e. The molecule has 0 spiro atoms. The molecular weight excluding hydrogens is 406 g/mol. The van der Waals surface area contributed by atoms with Crippen molar-refractivity contribution in [1.82, 2.24) is 9.80 Å². The van der Waals surface area contributed by atoms with Crippen LogP contribution in [-0.4, -0.2) is 69.9 Å². The standard InChI is InChI=1S/C21H25N3O5S/c1-2-29-19-10-8-18(9-11-19)24(30(27,28)20-6-4-3-5-7-20)16-21(26)23-14-12-22(17-25)13-15-23/h3-11,17H,2,12-16H2,1H3. The first-order chi connectivity index (χ1) is 14.5. The van der Waals surface area contributed by atoms with E-state index in [0.29, 0.717) is 44.2 Å². The van der Waals surface area contributed by atoms with Crippen LogP contribution in [0.3, 0.4) is 0 Å². The van der Waals surface area contributed by atoms with E-state index in [1.165, 1.54) is 12.1 Å². The van der Waals surface area contributed by atoms with Gasteiger partial charge in [-0.25, -0.2) is 8.42 Å². The highest BCUT2D eigenvalue weighted by atomic mass is 32.2. The Hall–Kier alpha value is -3.07. The van der Waals surface area contributed by atoms with Crippen LogP contribution < -0.4 is 9.04 Å². The average Bonchev–Trinajstić information content (AvgIpc) is 2.79. The van der Waals surface area contributed by atoms with E-state index in [2.05, 4.69) is 0 Å². The number of carbonyl (C=O) groups excluding carboxylic acids is 2. The largest absolute Gasteiger partial charge is 0.494 e. The molecule has 0 N–H and O–H groups in total. The molecule has 0 radical (unpaired) electrons. The number of hydrogen-bond donors (Lipinski definition) is 0. The molecule has 0 aliphatic carbocycles. The van der Waals surface area contributed by atoms with Gasteiger partial charge in [0.15, 0.2) is 0 Å². The van der Waals surface area contributed by atoms with Gasteiger partial charge < -0.3 is 14.5 Å². The number of carbonyl (C=O) groups is 2. The van der Waals surface area contributed by atoms with Gasteiger partial charge in [-0.1, -0.05) is 18.2 Å². The summed E-state index contributed by atoms with van der Waals surface area (Å²) in [6.45, 7) is 3.65. The summed E-state index contributed by atoms with van der Waals surface area (Å²) in [5.41, 5.74) is 0.377. The summed E-state index contributed by atoms with van der Waals surface area (Å²) in [6.07, 6.45) is 0.758. The zero-order valence-corrected chi connectivity index (χ0v) is 17.6. The van der Waals surface area contributed by atoms with Gasteiger partial charge in [0.2, 0.25) is 12.3 Å². The van der Waals surface area contributed by atoms with E-state index >= 15 is 0 Å². The number of benzene rings is 2. The summed E-state index contributed by atoms with van der Waals surface area (Å²) in [5.74, 6) is 0.309. The Balaban J connectivity index is 1.88. The van der Waals surface area contributed by atoms with Crippen molar-refractivity contribution in [3.05, 3.63) is 54.6 Å². The molecule has 1 aliphatic rings. The first-order valence-electron chi connectivity index (χ1n) is 9.73. The number of rotatable bonds is 8. The molecule has 0 bridgehead atoms. The number of ether oxygens (including phenoxy) is 1. The molecule has 160 valence electrons. The normalized spacial score (nSPS) is 14.3. The lowest BCUT2D eigenvalue weighted by molar-refractivity contribution is -0.133. The number of amides is 2. The highest BCUT2D eigenvalue weighted by Crippen LogP contribution is 2.26. The van der Waals surface area contributed by atoms with Crippen molar-refractivity contribution in [3.63, 3.8) is 0 Å². The zero-order chi connectivity index (χ0) is 21.6. The molecule has 1 heterocycles. The van der Waals surface area contributed by atoms with Gasteiger partial charge in [0, 0.05) is 26.2 Å². The van der Waals surface area contributed by atoms with Crippen LogP contribution in [0.25, 0.3) is 0 Å². The molecule has 3 rings (SSSR count). The minimum atomic E-state index is -3.95. The monoisotopic (exact) mass is 431 g/mol. The van der Waals surface area contributed by atoms with Gasteiger partial charge in [0.25, 0.3) is 10.0 Å². The van der Waals surface area contributed by atoms with E-state index in [9.17, 15) is 18.0 Å². The summed E-state index contributed by atoms with van der Waals surface area (Å²) in [5, 5.41) is 0. The molecule has 0 aromatic heterocycles. The molecule has 2 aromatic rings. The highest BCUT2D eigenvalue weighted by Gasteiger charge is 2.30. The van der Waals surface area contributed by atoms with Crippen molar-refractivity contribution in [2.24, 2.45) is 0 Å². The Morgan fingerprint density at radius 3 is 2.23 bits per heavy atom. The van der Waals surface area contributed by atoms with Gasteiger partial charge >= 0.3 is 0 Å². The van der Waals surface area contributed by atoms with Crippen LogP contribution in [0.2, 0.25) is 0 Å². The molecule has 9 heteroatoms. The van der Waals surface area contributed by atoms with Gasteiger partial charge in [-0.3, -0.25) is 13.9 Å². The molecule has 1 aliphatic heterocycles. The van der Waals surface area contributed by atoms with Crippen molar-refractivity contribution >= 4 is 28.0 Å². The molecule has 2 aromatic carbocycles. The first-order valence-corrected chi connectivity index (χ1v) is 11.2. The number of hydrogen-bond acceptors (Lipinski definition) is 5. The van der Waals surface area contributed by atoms with Gasteiger partial charge in [0.1, 0.15) is 12.3 Å². The third kappa shape index (κ3) is 4.91. The summed E-state index contributed by atoms with van der Waals surface area (Å²) in [7, 11) is -3.95. The minimum Gasteiger partial charge on any atom is -0.494 e. The Bertz CT molecular complexity index is 956. The van der Waals surface area contributed by atoms with Crippen LogP contribution in [0.5, 0.6) is 5.75 Å². The van der Waals surface area contributed by atoms with E-state index in [4.69, 9.17) is 4.74 Å². The predicted octanol–water partition coefficient (Wildman–Crippen LogP) is 1.58. The van der Waals surface area contributed by atoms with E-state index in [1.807, 2.05) is 6.92 Å². The van der Waals surface area contributed by atoms with E-state index < -0.39 is 10.0 Å². The van der Waals surface area contributed by atoms with E-state index in [0.717, 1.165) is 10.7 Å². The molecule has 1 saturated heterocycles. The molecular formula is C21H25N3O5S. The molecule has 8 nitrogen and oxygen atoms in total. The molecule has 0 unspecified atom stereocenters. The minimum absolute atomic E-state index is 0.109. The van der Waals surface area contributed by atoms with Crippen LogP contribution in [0.1, 0.15) is 6.92 Å². The molecule has 1 fully saturated rings. The fraction of sp³-hybridized carbons (Fsp3) is 0.333. The average molecular weight is 432 g/mol. The first kappa shape index (κ1) is 21.6. The molecule has 0 saturated carbocycles. The fourth-order valence-corrected chi connectivity index (χ4v) is 4.64. The lowest BCUT2D eigenvalue weighted by Gasteiger charge is -2.34. The van der Waals surface area contributed by atoms with Crippen molar-refractivity contribution in [1.29, 1.82) is 0 Å². The lowest BCUT2D eigenvalue weighted by Crippen LogP contribution is -2.51. The smallest absolute Gasteiger partial charge is 0.264 e. The van der Waals surface area contributed by atoms with E-state index in [1.54, 1.807) is 52.3 Å². The highest BCUT2D eigenvalue weighted by molar-refractivity contribution is 7.92. The maximum atomic E-state index is 13.3. The van der Waals surface area contributed by atoms with Gasteiger partial charge in [0.05, 0.1) is 17.2 Å². The maximum absolute atomic E-state index is 13.3. The van der Waals surface area contributed by atoms with E-state index in [-0.39, 0.29) is 17.3 Å². The van der Waals surface area contributed by atoms with Crippen molar-refractivity contribution < 1.29 is 22.7 Å². The zero-order valence-electron chi connectivity index (χ0n) is 16.8. The molecule has 0 atom stereocenters. The summed E-state index contributed by atoms with van der Waals surface area (Å²) >= 11 is 0. The Labute approximate surface area is 176 Å². The second-order valence-corrected chi connectivity index (χ2v) is 8.64. The Kier molecular flexibility index (Phi) is 6.94. The topological polar surface area (TPSA) is 87.2 Å². The number of anilines is 1. The number of sulfonamides is 1. The van der Waals surface area contributed by atoms with Crippen molar-refractivity contribution in [2.45, 2.75) is 11.8 Å². The molecule has 30 heavy (non-hydrogen) atoms. The Morgan fingerprint density at radius 2 is 1.67 bits per heavy atom. The fourth-order valence-electron chi connectivity index (χ4n) is 3.21.